The monoisotopic (exact) mass is 242 g/mol. The molecule has 0 bridgehead atoms. The van der Waals surface area contributed by atoms with Gasteiger partial charge in [-0.2, -0.15) is 5.26 Å². The lowest BCUT2D eigenvalue weighted by Gasteiger charge is -2.28. The molecule has 0 heterocycles. The summed E-state index contributed by atoms with van der Waals surface area (Å²) in [5, 5.41) is 12.5. The number of nitrogens with one attached hydrogen (secondary N) is 1. The molecule has 0 saturated carbocycles. The van der Waals surface area contributed by atoms with E-state index in [4.69, 9.17) is 9.47 Å². The van der Waals surface area contributed by atoms with Crippen LogP contribution >= 0.6 is 0 Å². The van der Waals surface area contributed by atoms with Crippen LogP contribution in [0.15, 0.2) is 0 Å². The van der Waals surface area contributed by atoms with Gasteiger partial charge in [0.05, 0.1) is 12.2 Å². The van der Waals surface area contributed by atoms with Crippen molar-refractivity contribution in [1.29, 1.82) is 5.26 Å². The van der Waals surface area contributed by atoms with Crippen LogP contribution in [0.3, 0.4) is 0 Å². The third-order valence-electron chi connectivity index (χ3n) is 2.44. The van der Waals surface area contributed by atoms with Crippen LogP contribution in [-0.4, -0.2) is 38.0 Å². The summed E-state index contributed by atoms with van der Waals surface area (Å²) in [4.78, 5) is 0. The second kappa shape index (κ2) is 8.46. The molecule has 0 spiro atoms. The number of hydrogen-bond acceptors (Lipinski definition) is 4. The van der Waals surface area contributed by atoms with Gasteiger partial charge in [0.15, 0.2) is 0 Å². The molecule has 0 saturated heterocycles. The first kappa shape index (κ1) is 16.4. The van der Waals surface area contributed by atoms with E-state index >= 15 is 0 Å². The average Bonchev–Trinajstić information content (AvgIpc) is 2.23. The van der Waals surface area contributed by atoms with Crippen LogP contribution in [0.2, 0.25) is 0 Å². The van der Waals surface area contributed by atoms with E-state index in [9.17, 15) is 5.26 Å². The molecule has 0 aliphatic rings. The molecule has 0 amide bonds. The van der Waals surface area contributed by atoms with E-state index in [-0.39, 0.29) is 6.10 Å². The first-order valence-corrected chi connectivity index (χ1v) is 6.23. The number of rotatable bonds is 9. The van der Waals surface area contributed by atoms with Crippen LogP contribution in [0.4, 0.5) is 0 Å². The van der Waals surface area contributed by atoms with Crippen molar-refractivity contribution >= 4 is 0 Å². The van der Waals surface area contributed by atoms with E-state index in [1.165, 1.54) is 0 Å². The van der Waals surface area contributed by atoms with Crippen molar-refractivity contribution in [2.75, 3.05) is 20.3 Å². The van der Waals surface area contributed by atoms with Crippen LogP contribution in [-0.2, 0) is 9.47 Å². The molecule has 0 aliphatic heterocycles. The minimum Gasteiger partial charge on any atom is -0.385 e. The van der Waals surface area contributed by atoms with Gasteiger partial charge in [-0.3, -0.25) is 5.32 Å². The van der Waals surface area contributed by atoms with Crippen LogP contribution in [0, 0.1) is 11.3 Å². The highest BCUT2D eigenvalue weighted by atomic mass is 16.5. The Morgan fingerprint density at radius 1 is 1.29 bits per heavy atom. The van der Waals surface area contributed by atoms with E-state index in [0.29, 0.717) is 25.7 Å². The molecule has 1 N–H and O–H groups in total. The summed E-state index contributed by atoms with van der Waals surface area (Å²) >= 11 is 0. The summed E-state index contributed by atoms with van der Waals surface area (Å²) in [5.74, 6) is 0. The maximum absolute atomic E-state index is 9.20. The van der Waals surface area contributed by atoms with Gasteiger partial charge in [-0.05, 0) is 34.1 Å². The predicted octanol–water partition coefficient (Wildman–Crippen LogP) is 2.10. The van der Waals surface area contributed by atoms with Crippen LogP contribution in [0.5, 0.6) is 0 Å². The Morgan fingerprint density at radius 3 is 2.41 bits per heavy atom. The normalized spacial score (nSPS) is 16.5. The molecule has 4 heteroatoms. The number of methoxy groups -OCH3 is 1. The summed E-state index contributed by atoms with van der Waals surface area (Å²) < 4.78 is 10.6. The fourth-order valence-electron chi connectivity index (χ4n) is 1.90. The van der Waals surface area contributed by atoms with Crippen LogP contribution < -0.4 is 5.32 Å². The molecule has 0 aromatic heterocycles. The average molecular weight is 242 g/mol. The number of ether oxygens (including phenoxy) is 2. The Bertz CT molecular complexity index is 238. The van der Waals surface area contributed by atoms with Gasteiger partial charge in [0.25, 0.3) is 0 Å². The van der Waals surface area contributed by atoms with Gasteiger partial charge in [-0.15, -0.1) is 0 Å². The van der Waals surface area contributed by atoms with Crippen molar-refractivity contribution in [2.24, 2.45) is 0 Å². The van der Waals surface area contributed by atoms with Crippen molar-refractivity contribution in [3.05, 3.63) is 0 Å². The number of hydrogen-bond donors (Lipinski definition) is 1. The standard InChI is InChI=1S/C13H26N2O2/c1-11(2)15-13(4,10-14)9-12(3)17-8-6-7-16-5/h11-12,15H,6-9H2,1-5H3. The van der Waals surface area contributed by atoms with Gasteiger partial charge >= 0.3 is 0 Å². The topological polar surface area (TPSA) is 54.3 Å². The molecule has 0 rings (SSSR count). The fraction of sp³-hybridized carbons (Fsp3) is 0.923. The van der Waals surface area contributed by atoms with E-state index in [1.54, 1.807) is 7.11 Å². The van der Waals surface area contributed by atoms with Gasteiger partial charge in [-0.25, -0.2) is 0 Å². The largest absolute Gasteiger partial charge is 0.385 e. The lowest BCUT2D eigenvalue weighted by Crippen LogP contribution is -2.47. The highest BCUT2D eigenvalue weighted by Crippen LogP contribution is 2.14. The zero-order chi connectivity index (χ0) is 13.3. The maximum Gasteiger partial charge on any atom is 0.106 e. The molecule has 100 valence electrons. The zero-order valence-corrected chi connectivity index (χ0v) is 11.7. The van der Waals surface area contributed by atoms with Crippen LogP contribution in [0.1, 0.15) is 40.5 Å². The highest BCUT2D eigenvalue weighted by molar-refractivity contribution is 5.05. The molecule has 2 unspecified atom stereocenters. The first-order chi connectivity index (χ1) is 7.93. The highest BCUT2D eigenvalue weighted by Gasteiger charge is 2.27. The van der Waals surface area contributed by atoms with Crippen LogP contribution in [0.25, 0.3) is 0 Å². The van der Waals surface area contributed by atoms with Gasteiger partial charge in [0.2, 0.25) is 0 Å². The van der Waals surface area contributed by atoms with Gasteiger partial charge in [0.1, 0.15) is 5.54 Å². The van der Waals surface area contributed by atoms with E-state index < -0.39 is 5.54 Å². The first-order valence-electron chi connectivity index (χ1n) is 6.23. The van der Waals surface area contributed by atoms with E-state index in [0.717, 1.165) is 6.42 Å². The Balaban J connectivity index is 3.98. The van der Waals surface area contributed by atoms with Crippen molar-refractivity contribution in [2.45, 2.75) is 58.2 Å². The molecular formula is C13H26N2O2. The predicted molar refractivity (Wildman–Crippen MR) is 68.8 cm³/mol. The van der Waals surface area contributed by atoms with Crippen molar-refractivity contribution in [3.8, 4) is 6.07 Å². The summed E-state index contributed by atoms with van der Waals surface area (Å²) in [7, 11) is 1.68. The minimum atomic E-state index is -0.519. The lowest BCUT2D eigenvalue weighted by atomic mass is 9.95. The third kappa shape index (κ3) is 8.14. The molecule has 0 aliphatic carbocycles. The van der Waals surface area contributed by atoms with Crippen molar-refractivity contribution in [1.82, 2.24) is 5.32 Å². The molecule has 0 aromatic carbocycles. The second-order valence-corrected chi connectivity index (χ2v) is 4.97. The Morgan fingerprint density at radius 2 is 1.94 bits per heavy atom. The summed E-state index contributed by atoms with van der Waals surface area (Å²) in [6.45, 7) is 9.40. The fourth-order valence-corrected chi connectivity index (χ4v) is 1.90. The Hall–Kier alpha value is -0.630. The molecule has 2 atom stereocenters. The summed E-state index contributed by atoms with van der Waals surface area (Å²) in [6, 6.07) is 2.62. The molecule has 0 fully saturated rings. The summed E-state index contributed by atoms with van der Waals surface area (Å²) in [6.07, 6.45) is 1.65. The van der Waals surface area contributed by atoms with Crippen molar-refractivity contribution in [3.63, 3.8) is 0 Å². The van der Waals surface area contributed by atoms with Gasteiger partial charge in [0, 0.05) is 32.8 Å². The molecule has 17 heavy (non-hydrogen) atoms. The van der Waals surface area contributed by atoms with Gasteiger partial charge < -0.3 is 9.47 Å². The Kier molecular flexibility index (Phi) is 8.15. The molecular weight excluding hydrogens is 216 g/mol. The van der Waals surface area contributed by atoms with Crippen molar-refractivity contribution < 1.29 is 9.47 Å². The SMILES string of the molecule is COCCCOC(C)CC(C)(C#N)NC(C)C. The quantitative estimate of drug-likeness (QED) is 0.629. The maximum atomic E-state index is 9.20. The van der Waals surface area contributed by atoms with E-state index in [2.05, 4.69) is 11.4 Å². The number of nitrogens with zero attached hydrogens (tertiary/aromatic N) is 1. The second-order valence-electron chi connectivity index (χ2n) is 4.97. The Labute approximate surface area is 105 Å². The smallest absolute Gasteiger partial charge is 0.106 e. The number of nitriles is 1. The molecule has 0 aromatic rings. The molecule has 0 radical (unpaired) electrons. The van der Waals surface area contributed by atoms with Gasteiger partial charge in [-0.1, -0.05) is 0 Å². The molecule has 4 nitrogen and oxygen atoms in total. The lowest BCUT2D eigenvalue weighted by molar-refractivity contribution is 0.0345. The third-order valence-corrected chi connectivity index (χ3v) is 2.44. The minimum absolute atomic E-state index is 0.0720. The zero-order valence-electron chi connectivity index (χ0n) is 11.7. The van der Waals surface area contributed by atoms with E-state index in [1.807, 2.05) is 27.7 Å². The summed E-state index contributed by atoms with van der Waals surface area (Å²) in [5.41, 5.74) is -0.519.